The molecule has 2 aromatic rings. The molecule has 0 heterocycles. The van der Waals surface area contributed by atoms with Gasteiger partial charge in [-0.2, -0.15) is 0 Å². The van der Waals surface area contributed by atoms with Gasteiger partial charge in [-0.1, -0.05) is 30.3 Å². The SMILES string of the molecule is CCOc1ccc(C(=O)OCCc2ccccc2)cc1N. The van der Waals surface area contributed by atoms with E-state index in [0.717, 1.165) is 5.56 Å². The molecule has 0 amide bonds. The predicted molar refractivity (Wildman–Crippen MR) is 82.5 cm³/mol. The van der Waals surface area contributed by atoms with Crippen molar-refractivity contribution in [3.63, 3.8) is 0 Å². The standard InChI is InChI=1S/C17H19NO3/c1-2-20-16-9-8-14(12-15(16)18)17(19)21-11-10-13-6-4-3-5-7-13/h3-9,12H,2,10-11,18H2,1H3. The Labute approximate surface area is 124 Å². The maximum atomic E-state index is 11.9. The van der Waals surface area contributed by atoms with Gasteiger partial charge in [0.05, 0.1) is 24.5 Å². The number of anilines is 1. The first kappa shape index (κ1) is 14.9. The average molecular weight is 285 g/mol. The Morgan fingerprint density at radius 1 is 1.14 bits per heavy atom. The molecule has 4 nitrogen and oxygen atoms in total. The molecule has 2 aromatic carbocycles. The van der Waals surface area contributed by atoms with Crippen LogP contribution >= 0.6 is 0 Å². The number of benzene rings is 2. The van der Waals surface area contributed by atoms with Gasteiger partial charge in [-0.05, 0) is 30.7 Å². The number of rotatable bonds is 6. The smallest absolute Gasteiger partial charge is 0.338 e. The van der Waals surface area contributed by atoms with Crippen LogP contribution in [-0.2, 0) is 11.2 Å². The molecule has 0 aliphatic carbocycles. The third-order valence-corrected chi connectivity index (χ3v) is 3.01. The third-order valence-electron chi connectivity index (χ3n) is 3.01. The average Bonchev–Trinajstić information content (AvgIpc) is 2.50. The van der Waals surface area contributed by atoms with Crippen LogP contribution in [0.15, 0.2) is 48.5 Å². The van der Waals surface area contributed by atoms with Crippen molar-refractivity contribution in [2.45, 2.75) is 13.3 Å². The minimum absolute atomic E-state index is 0.343. The molecule has 0 aliphatic heterocycles. The van der Waals surface area contributed by atoms with Crippen LogP contribution in [0.5, 0.6) is 5.75 Å². The van der Waals surface area contributed by atoms with Gasteiger partial charge in [0.15, 0.2) is 0 Å². The van der Waals surface area contributed by atoms with Gasteiger partial charge in [0.25, 0.3) is 0 Å². The summed E-state index contributed by atoms with van der Waals surface area (Å²) in [6.45, 7) is 2.76. The maximum Gasteiger partial charge on any atom is 0.338 e. The second-order valence-electron chi connectivity index (χ2n) is 4.56. The summed E-state index contributed by atoms with van der Waals surface area (Å²) in [5, 5.41) is 0. The summed E-state index contributed by atoms with van der Waals surface area (Å²) in [5.74, 6) is 0.207. The Morgan fingerprint density at radius 2 is 1.90 bits per heavy atom. The Bertz CT molecular complexity index is 596. The van der Waals surface area contributed by atoms with Crippen molar-refractivity contribution < 1.29 is 14.3 Å². The molecule has 0 fully saturated rings. The van der Waals surface area contributed by atoms with Crippen molar-refractivity contribution in [2.75, 3.05) is 18.9 Å². The summed E-state index contributed by atoms with van der Waals surface area (Å²) >= 11 is 0. The number of nitrogen functional groups attached to an aromatic ring is 1. The van der Waals surface area contributed by atoms with Gasteiger partial charge in [-0.25, -0.2) is 4.79 Å². The number of esters is 1. The molecule has 0 unspecified atom stereocenters. The molecule has 0 aromatic heterocycles. The van der Waals surface area contributed by atoms with Crippen molar-refractivity contribution in [1.29, 1.82) is 0 Å². The fourth-order valence-electron chi connectivity index (χ4n) is 1.95. The van der Waals surface area contributed by atoms with Crippen LogP contribution in [0, 0.1) is 0 Å². The van der Waals surface area contributed by atoms with Crippen LogP contribution in [0.3, 0.4) is 0 Å². The van der Waals surface area contributed by atoms with Gasteiger partial charge in [0.1, 0.15) is 5.75 Å². The normalized spacial score (nSPS) is 10.1. The topological polar surface area (TPSA) is 61.5 Å². The monoisotopic (exact) mass is 285 g/mol. The van der Waals surface area contributed by atoms with Crippen LogP contribution in [0.25, 0.3) is 0 Å². The van der Waals surface area contributed by atoms with E-state index in [0.29, 0.717) is 36.6 Å². The predicted octanol–water partition coefficient (Wildman–Crippen LogP) is 3.07. The van der Waals surface area contributed by atoms with Gasteiger partial charge < -0.3 is 15.2 Å². The van der Waals surface area contributed by atoms with Crippen LogP contribution in [-0.4, -0.2) is 19.2 Å². The number of ether oxygens (including phenoxy) is 2. The van der Waals surface area contributed by atoms with Crippen molar-refractivity contribution >= 4 is 11.7 Å². The minimum atomic E-state index is -0.374. The van der Waals surface area contributed by atoms with E-state index in [1.807, 2.05) is 37.3 Å². The second kappa shape index (κ2) is 7.33. The molecule has 110 valence electrons. The van der Waals surface area contributed by atoms with Gasteiger partial charge in [-0.3, -0.25) is 0 Å². The highest BCUT2D eigenvalue weighted by Gasteiger charge is 2.10. The van der Waals surface area contributed by atoms with Crippen molar-refractivity contribution in [2.24, 2.45) is 0 Å². The molecule has 4 heteroatoms. The number of hydrogen-bond acceptors (Lipinski definition) is 4. The van der Waals surface area contributed by atoms with Crippen LogP contribution in [0.1, 0.15) is 22.8 Å². The molecule has 0 spiro atoms. The number of carbonyl (C=O) groups excluding carboxylic acids is 1. The molecule has 0 radical (unpaired) electrons. The number of carbonyl (C=O) groups is 1. The van der Waals surface area contributed by atoms with Crippen LogP contribution in [0.2, 0.25) is 0 Å². The van der Waals surface area contributed by atoms with Gasteiger partial charge in [0, 0.05) is 6.42 Å². The minimum Gasteiger partial charge on any atom is -0.492 e. The molecule has 21 heavy (non-hydrogen) atoms. The summed E-state index contributed by atoms with van der Waals surface area (Å²) < 4.78 is 10.6. The first-order valence-corrected chi connectivity index (χ1v) is 6.94. The summed E-state index contributed by atoms with van der Waals surface area (Å²) in [5.41, 5.74) is 7.84. The van der Waals surface area contributed by atoms with E-state index in [1.54, 1.807) is 18.2 Å². The molecule has 0 atom stereocenters. The highest BCUT2D eigenvalue weighted by atomic mass is 16.5. The highest BCUT2D eigenvalue weighted by Crippen LogP contribution is 2.22. The van der Waals surface area contributed by atoms with Crippen molar-refractivity contribution in [1.82, 2.24) is 0 Å². The molecule has 0 bridgehead atoms. The van der Waals surface area contributed by atoms with E-state index in [1.165, 1.54) is 0 Å². The van der Waals surface area contributed by atoms with E-state index in [2.05, 4.69) is 0 Å². The first-order chi connectivity index (χ1) is 10.2. The molecular weight excluding hydrogens is 266 g/mol. The van der Waals surface area contributed by atoms with Crippen LogP contribution < -0.4 is 10.5 Å². The lowest BCUT2D eigenvalue weighted by molar-refractivity contribution is 0.0509. The molecule has 2 N–H and O–H groups in total. The Kier molecular flexibility index (Phi) is 5.21. The highest BCUT2D eigenvalue weighted by molar-refractivity contribution is 5.91. The molecule has 0 saturated heterocycles. The Morgan fingerprint density at radius 3 is 2.57 bits per heavy atom. The summed E-state index contributed by atoms with van der Waals surface area (Å²) in [7, 11) is 0. The zero-order valence-corrected chi connectivity index (χ0v) is 12.0. The molecule has 0 aliphatic rings. The van der Waals surface area contributed by atoms with E-state index < -0.39 is 0 Å². The van der Waals surface area contributed by atoms with Gasteiger partial charge >= 0.3 is 5.97 Å². The van der Waals surface area contributed by atoms with Gasteiger partial charge in [0.2, 0.25) is 0 Å². The zero-order valence-electron chi connectivity index (χ0n) is 12.0. The summed E-state index contributed by atoms with van der Waals surface area (Å²) in [6.07, 6.45) is 0.694. The maximum absolute atomic E-state index is 11.9. The summed E-state index contributed by atoms with van der Waals surface area (Å²) in [4.78, 5) is 11.9. The Hall–Kier alpha value is -2.49. The number of hydrogen-bond donors (Lipinski definition) is 1. The lowest BCUT2D eigenvalue weighted by Gasteiger charge is -2.09. The lowest BCUT2D eigenvalue weighted by atomic mass is 10.1. The molecular formula is C17H19NO3. The van der Waals surface area contributed by atoms with E-state index in [4.69, 9.17) is 15.2 Å². The van der Waals surface area contributed by atoms with E-state index in [9.17, 15) is 4.79 Å². The first-order valence-electron chi connectivity index (χ1n) is 6.94. The number of nitrogens with two attached hydrogens (primary N) is 1. The lowest BCUT2D eigenvalue weighted by Crippen LogP contribution is -2.09. The molecule has 2 rings (SSSR count). The Balaban J connectivity index is 1.90. The van der Waals surface area contributed by atoms with Crippen molar-refractivity contribution in [3.05, 3.63) is 59.7 Å². The van der Waals surface area contributed by atoms with Gasteiger partial charge in [-0.15, -0.1) is 0 Å². The van der Waals surface area contributed by atoms with Crippen molar-refractivity contribution in [3.8, 4) is 5.75 Å². The fourth-order valence-corrected chi connectivity index (χ4v) is 1.95. The fraction of sp³-hybridized carbons (Fsp3) is 0.235. The quantitative estimate of drug-likeness (QED) is 0.654. The van der Waals surface area contributed by atoms with E-state index >= 15 is 0 Å². The third kappa shape index (κ3) is 4.24. The zero-order chi connectivity index (χ0) is 15.1. The van der Waals surface area contributed by atoms with Crippen LogP contribution in [0.4, 0.5) is 5.69 Å². The second-order valence-corrected chi connectivity index (χ2v) is 4.56. The largest absolute Gasteiger partial charge is 0.492 e. The summed E-state index contributed by atoms with van der Waals surface area (Å²) in [6, 6.07) is 14.8. The van der Waals surface area contributed by atoms with E-state index in [-0.39, 0.29) is 5.97 Å². The molecule has 0 saturated carbocycles.